The molecule has 6 heteroatoms. The van der Waals surface area contributed by atoms with Crippen molar-refractivity contribution in [2.45, 2.75) is 33.2 Å². The van der Waals surface area contributed by atoms with Gasteiger partial charge in [-0.15, -0.1) is 0 Å². The summed E-state index contributed by atoms with van der Waals surface area (Å²) in [7, 11) is 0. The molecule has 0 amide bonds. The first kappa shape index (κ1) is 17.1. The van der Waals surface area contributed by atoms with E-state index in [0.717, 1.165) is 12.8 Å². The summed E-state index contributed by atoms with van der Waals surface area (Å²) in [6.07, 6.45) is 1.87. The van der Waals surface area contributed by atoms with E-state index >= 15 is 0 Å². The van der Waals surface area contributed by atoms with Crippen LogP contribution < -0.4 is 5.56 Å². The first-order valence-electron chi connectivity index (χ1n) is 8.00. The quantitative estimate of drug-likeness (QED) is 0.596. The van der Waals surface area contributed by atoms with Crippen LogP contribution in [0.5, 0.6) is 0 Å². The fraction of sp³-hybridized carbons (Fsp3) is 0.471. The van der Waals surface area contributed by atoms with Crippen LogP contribution in [0, 0.1) is 0 Å². The van der Waals surface area contributed by atoms with Crippen molar-refractivity contribution < 1.29 is 9.53 Å². The van der Waals surface area contributed by atoms with Gasteiger partial charge in [-0.3, -0.25) is 14.5 Å². The van der Waals surface area contributed by atoms with E-state index in [1.165, 1.54) is 0 Å². The van der Waals surface area contributed by atoms with E-state index in [4.69, 9.17) is 4.74 Å². The largest absolute Gasteiger partial charge is 0.465 e. The third-order valence-electron chi connectivity index (χ3n) is 3.60. The van der Waals surface area contributed by atoms with Gasteiger partial charge in [0.2, 0.25) is 0 Å². The highest BCUT2D eigenvalue weighted by Crippen LogP contribution is 2.07. The number of benzene rings is 1. The summed E-state index contributed by atoms with van der Waals surface area (Å²) >= 11 is 0. The van der Waals surface area contributed by atoms with Crippen molar-refractivity contribution in [1.82, 2.24) is 14.9 Å². The van der Waals surface area contributed by atoms with Crippen LogP contribution >= 0.6 is 0 Å². The van der Waals surface area contributed by atoms with Crippen LogP contribution in [0.1, 0.15) is 32.5 Å². The summed E-state index contributed by atoms with van der Waals surface area (Å²) in [6, 6.07) is 7.21. The van der Waals surface area contributed by atoms with Crippen LogP contribution in [0.4, 0.5) is 0 Å². The van der Waals surface area contributed by atoms with Crippen LogP contribution in [-0.2, 0) is 16.1 Å². The van der Waals surface area contributed by atoms with E-state index in [1.54, 1.807) is 6.07 Å². The van der Waals surface area contributed by atoms with E-state index in [2.05, 4.69) is 9.97 Å². The predicted molar refractivity (Wildman–Crippen MR) is 89.2 cm³/mol. The number of nitrogens with zero attached hydrogens (tertiary/aromatic N) is 2. The van der Waals surface area contributed by atoms with Crippen LogP contribution in [0.2, 0.25) is 0 Å². The Balaban J connectivity index is 2.04. The Hall–Kier alpha value is -2.21. The van der Waals surface area contributed by atoms with Gasteiger partial charge in [-0.25, -0.2) is 4.98 Å². The highest BCUT2D eigenvalue weighted by molar-refractivity contribution is 5.77. The first-order valence-corrected chi connectivity index (χ1v) is 8.00. The molecule has 2 rings (SSSR count). The van der Waals surface area contributed by atoms with Crippen LogP contribution in [0.15, 0.2) is 29.1 Å². The van der Waals surface area contributed by atoms with E-state index < -0.39 is 0 Å². The van der Waals surface area contributed by atoms with Crippen LogP contribution in [0.3, 0.4) is 0 Å². The molecule has 0 aliphatic rings. The number of likely N-dealkylation sites (N-methyl/N-ethyl adjacent to an activating group) is 1. The van der Waals surface area contributed by atoms with E-state index in [0.29, 0.717) is 36.4 Å². The zero-order valence-electron chi connectivity index (χ0n) is 13.7. The molecule has 6 nitrogen and oxygen atoms in total. The lowest BCUT2D eigenvalue weighted by Crippen LogP contribution is -2.32. The Morgan fingerprint density at radius 2 is 2.09 bits per heavy atom. The number of fused-ring (bicyclic) bond motifs is 1. The topological polar surface area (TPSA) is 75.3 Å². The molecular weight excluding hydrogens is 294 g/mol. The lowest BCUT2D eigenvalue weighted by molar-refractivity contribution is -0.145. The summed E-state index contributed by atoms with van der Waals surface area (Å²) in [5, 5.41) is 0.568. The van der Waals surface area contributed by atoms with Crippen molar-refractivity contribution in [3.63, 3.8) is 0 Å². The number of hydrogen-bond acceptors (Lipinski definition) is 5. The van der Waals surface area contributed by atoms with Gasteiger partial charge in [-0.2, -0.15) is 0 Å². The fourth-order valence-electron chi connectivity index (χ4n) is 2.26. The number of unbranched alkanes of at least 4 members (excludes halogenated alkanes) is 1. The summed E-state index contributed by atoms with van der Waals surface area (Å²) < 4.78 is 5.17. The molecule has 23 heavy (non-hydrogen) atoms. The summed E-state index contributed by atoms with van der Waals surface area (Å²) in [5.74, 6) is 0.306. The van der Waals surface area contributed by atoms with Gasteiger partial charge in [-0.05, 0) is 25.1 Å². The number of rotatable bonds is 8. The Morgan fingerprint density at radius 3 is 2.83 bits per heavy atom. The first-order chi connectivity index (χ1) is 11.1. The molecule has 0 atom stereocenters. The van der Waals surface area contributed by atoms with E-state index in [9.17, 15) is 9.59 Å². The predicted octanol–water partition coefficient (Wildman–Crippen LogP) is 2.09. The molecule has 0 bridgehead atoms. The molecule has 0 saturated carbocycles. The maximum absolute atomic E-state index is 12.1. The molecular formula is C17H23N3O3. The Bertz CT molecular complexity index is 712. The van der Waals surface area contributed by atoms with E-state index in [-0.39, 0.29) is 18.1 Å². The van der Waals surface area contributed by atoms with Crippen molar-refractivity contribution >= 4 is 16.9 Å². The molecule has 2 aromatic rings. The number of aromatic nitrogens is 2. The van der Waals surface area contributed by atoms with Crippen molar-refractivity contribution in [2.75, 3.05) is 19.7 Å². The number of ether oxygens (including phenoxy) is 1. The molecule has 1 aromatic carbocycles. The fourth-order valence-corrected chi connectivity index (χ4v) is 2.26. The summed E-state index contributed by atoms with van der Waals surface area (Å²) in [4.78, 5) is 33.0. The average Bonchev–Trinajstić information content (AvgIpc) is 2.54. The maximum Gasteiger partial charge on any atom is 0.320 e. The van der Waals surface area contributed by atoms with Gasteiger partial charge in [0.15, 0.2) is 0 Å². The Morgan fingerprint density at radius 1 is 1.30 bits per heavy atom. The summed E-state index contributed by atoms with van der Waals surface area (Å²) in [6.45, 7) is 5.72. The highest BCUT2D eigenvalue weighted by Gasteiger charge is 2.13. The van der Waals surface area contributed by atoms with Gasteiger partial charge in [0.1, 0.15) is 5.82 Å². The Labute approximate surface area is 135 Å². The lowest BCUT2D eigenvalue weighted by Gasteiger charge is -2.18. The third kappa shape index (κ3) is 4.89. The van der Waals surface area contributed by atoms with Crippen molar-refractivity contribution in [3.05, 3.63) is 40.4 Å². The molecule has 1 aromatic heterocycles. The van der Waals surface area contributed by atoms with Crippen LogP contribution in [-0.4, -0.2) is 40.5 Å². The molecule has 0 spiro atoms. The number of H-pyrrole nitrogens is 1. The van der Waals surface area contributed by atoms with Crippen molar-refractivity contribution in [3.8, 4) is 0 Å². The molecule has 0 fully saturated rings. The van der Waals surface area contributed by atoms with Gasteiger partial charge in [-0.1, -0.05) is 32.4 Å². The molecule has 124 valence electrons. The van der Waals surface area contributed by atoms with Gasteiger partial charge in [0, 0.05) is 0 Å². The number of esters is 1. The maximum atomic E-state index is 12.1. The zero-order chi connectivity index (χ0) is 16.7. The SMILES string of the molecule is CCCCOC(=O)CN(CC)Cc1nc2ccccc2c(=O)[nH]1. The van der Waals surface area contributed by atoms with Gasteiger partial charge >= 0.3 is 5.97 Å². The minimum Gasteiger partial charge on any atom is -0.465 e. The number of carbonyl (C=O) groups is 1. The number of para-hydroxylation sites is 1. The van der Waals surface area contributed by atoms with Gasteiger partial charge in [0.05, 0.1) is 30.6 Å². The molecule has 0 saturated heterocycles. The second kappa shape index (κ2) is 8.43. The number of aromatic amines is 1. The van der Waals surface area contributed by atoms with Crippen LogP contribution in [0.25, 0.3) is 10.9 Å². The molecule has 1 N–H and O–H groups in total. The van der Waals surface area contributed by atoms with Crippen molar-refractivity contribution in [1.29, 1.82) is 0 Å². The molecule has 1 heterocycles. The third-order valence-corrected chi connectivity index (χ3v) is 3.60. The number of nitrogens with one attached hydrogen (secondary N) is 1. The lowest BCUT2D eigenvalue weighted by atomic mass is 10.2. The second-order valence-corrected chi connectivity index (χ2v) is 5.41. The Kier molecular flexibility index (Phi) is 6.29. The molecule has 0 aliphatic carbocycles. The monoisotopic (exact) mass is 317 g/mol. The average molecular weight is 317 g/mol. The zero-order valence-corrected chi connectivity index (χ0v) is 13.7. The van der Waals surface area contributed by atoms with Gasteiger partial charge in [0.25, 0.3) is 5.56 Å². The van der Waals surface area contributed by atoms with Crippen molar-refractivity contribution in [2.24, 2.45) is 0 Å². The summed E-state index contributed by atoms with van der Waals surface area (Å²) in [5.41, 5.74) is 0.500. The van der Waals surface area contributed by atoms with E-state index in [1.807, 2.05) is 36.9 Å². The smallest absolute Gasteiger partial charge is 0.320 e. The highest BCUT2D eigenvalue weighted by atomic mass is 16.5. The minimum atomic E-state index is -0.247. The number of hydrogen-bond donors (Lipinski definition) is 1. The normalized spacial score (nSPS) is 11.1. The molecule has 0 aliphatic heterocycles. The van der Waals surface area contributed by atoms with Gasteiger partial charge < -0.3 is 9.72 Å². The second-order valence-electron chi connectivity index (χ2n) is 5.41. The molecule has 0 unspecified atom stereocenters. The molecule has 0 radical (unpaired) electrons. The standard InChI is InChI=1S/C17H23N3O3/c1-3-5-10-23-16(21)12-20(4-2)11-15-18-14-9-7-6-8-13(14)17(22)19-15/h6-9H,3-5,10-12H2,1-2H3,(H,18,19,22). The minimum absolute atomic E-state index is 0.160. The number of carbonyl (C=O) groups excluding carboxylic acids is 1.